The van der Waals surface area contributed by atoms with E-state index in [0.29, 0.717) is 6.61 Å². The molecule has 2 aromatic carbocycles. The standard InChI is InChI=1S/C22H26O2/c1-2-3-10-15-24-22(23)21-19(17-11-6-4-7-12-17)16-20(21)18-13-8-5-9-14-18/h4-9,11-14,19-21H,2-3,10,15-16H2,1H3/t19-,20-/m0/s1. The van der Waals surface area contributed by atoms with E-state index in [1.54, 1.807) is 0 Å². The van der Waals surface area contributed by atoms with Crippen molar-refractivity contribution in [2.75, 3.05) is 6.61 Å². The summed E-state index contributed by atoms with van der Waals surface area (Å²) in [4.78, 5) is 12.7. The highest BCUT2D eigenvalue weighted by Crippen LogP contribution is 2.53. The molecule has 0 spiro atoms. The topological polar surface area (TPSA) is 26.3 Å². The lowest BCUT2D eigenvalue weighted by Gasteiger charge is -2.43. The predicted octanol–water partition coefficient (Wildman–Crippen LogP) is 5.31. The van der Waals surface area contributed by atoms with Gasteiger partial charge in [0.1, 0.15) is 0 Å². The van der Waals surface area contributed by atoms with Gasteiger partial charge in [-0.2, -0.15) is 0 Å². The molecule has 2 atom stereocenters. The lowest BCUT2D eigenvalue weighted by molar-refractivity contribution is -0.154. The molecule has 2 heteroatoms. The SMILES string of the molecule is CCCCCOC(=O)C1[C@H](c2ccccc2)C[C@H]1c1ccccc1. The smallest absolute Gasteiger partial charge is 0.310 e. The van der Waals surface area contributed by atoms with Crippen molar-refractivity contribution in [3.8, 4) is 0 Å². The minimum absolute atomic E-state index is 0.0277. The van der Waals surface area contributed by atoms with Gasteiger partial charge in [-0.05, 0) is 35.8 Å². The molecular weight excluding hydrogens is 296 g/mol. The van der Waals surface area contributed by atoms with Gasteiger partial charge >= 0.3 is 5.97 Å². The number of carbonyl (C=O) groups excluding carboxylic acids is 1. The Morgan fingerprint density at radius 2 is 1.46 bits per heavy atom. The summed E-state index contributed by atoms with van der Waals surface area (Å²) in [5.74, 6) is 0.460. The van der Waals surface area contributed by atoms with Gasteiger partial charge in [0.25, 0.3) is 0 Å². The van der Waals surface area contributed by atoms with Crippen molar-refractivity contribution in [1.82, 2.24) is 0 Å². The zero-order valence-corrected chi connectivity index (χ0v) is 14.4. The maximum atomic E-state index is 12.7. The maximum Gasteiger partial charge on any atom is 0.310 e. The Labute approximate surface area is 144 Å². The van der Waals surface area contributed by atoms with E-state index in [0.717, 1.165) is 25.7 Å². The number of hydrogen-bond donors (Lipinski definition) is 0. The third-order valence-electron chi connectivity index (χ3n) is 5.09. The average molecular weight is 322 g/mol. The average Bonchev–Trinajstić information content (AvgIpc) is 2.60. The zero-order chi connectivity index (χ0) is 16.8. The first-order valence-corrected chi connectivity index (χ1v) is 9.07. The van der Waals surface area contributed by atoms with Crippen LogP contribution in [0, 0.1) is 5.92 Å². The lowest BCUT2D eigenvalue weighted by atomic mass is 9.60. The molecule has 24 heavy (non-hydrogen) atoms. The Hall–Kier alpha value is -2.09. The van der Waals surface area contributed by atoms with Gasteiger partial charge in [-0.15, -0.1) is 0 Å². The number of benzene rings is 2. The summed E-state index contributed by atoms with van der Waals surface area (Å²) in [5, 5.41) is 0. The first-order chi connectivity index (χ1) is 11.8. The lowest BCUT2D eigenvalue weighted by Crippen LogP contribution is -2.40. The highest BCUT2D eigenvalue weighted by atomic mass is 16.5. The molecule has 126 valence electrons. The highest BCUT2D eigenvalue weighted by Gasteiger charge is 2.47. The molecule has 1 fully saturated rings. The van der Waals surface area contributed by atoms with Gasteiger partial charge in [0, 0.05) is 0 Å². The Bertz CT molecular complexity index is 590. The summed E-state index contributed by atoms with van der Waals surface area (Å²) < 4.78 is 5.61. The molecule has 0 saturated heterocycles. The van der Waals surface area contributed by atoms with E-state index in [-0.39, 0.29) is 23.7 Å². The van der Waals surface area contributed by atoms with Crippen molar-refractivity contribution in [3.63, 3.8) is 0 Å². The Balaban J connectivity index is 1.73. The monoisotopic (exact) mass is 322 g/mol. The van der Waals surface area contributed by atoms with Crippen LogP contribution in [0.4, 0.5) is 0 Å². The van der Waals surface area contributed by atoms with E-state index >= 15 is 0 Å². The van der Waals surface area contributed by atoms with Crippen molar-refractivity contribution in [2.45, 2.75) is 44.4 Å². The van der Waals surface area contributed by atoms with Crippen molar-refractivity contribution >= 4 is 5.97 Å². The van der Waals surface area contributed by atoms with Gasteiger partial charge in [0.15, 0.2) is 0 Å². The van der Waals surface area contributed by atoms with Gasteiger partial charge < -0.3 is 4.74 Å². The summed E-state index contributed by atoms with van der Waals surface area (Å²) >= 11 is 0. The Morgan fingerprint density at radius 1 is 0.917 bits per heavy atom. The molecule has 0 unspecified atom stereocenters. The van der Waals surface area contributed by atoms with E-state index < -0.39 is 0 Å². The zero-order valence-electron chi connectivity index (χ0n) is 14.4. The minimum atomic E-state index is -0.0589. The Morgan fingerprint density at radius 3 is 1.96 bits per heavy atom. The predicted molar refractivity (Wildman–Crippen MR) is 97.0 cm³/mol. The van der Waals surface area contributed by atoms with Crippen LogP contribution in [0.1, 0.15) is 55.6 Å². The molecule has 0 aliphatic heterocycles. The summed E-state index contributed by atoms with van der Waals surface area (Å²) in [7, 11) is 0. The fraction of sp³-hybridized carbons (Fsp3) is 0.409. The summed E-state index contributed by atoms with van der Waals surface area (Å²) in [5.41, 5.74) is 2.50. The van der Waals surface area contributed by atoms with Crippen LogP contribution in [-0.2, 0) is 9.53 Å². The van der Waals surface area contributed by atoms with Gasteiger partial charge in [-0.3, -0.25) is 4.79 Å². The van der Waals surface area contributed by atoms with Crippen LogP contribution in [0.3, 0.4) is 0 Å². The second-order valence-electron chi connectivity index (χ2n) is 6.67. The van der Waals surface area contributed by atoms with Gasteiger partial charge in [-0.25, -0.2) is 0 Å². The van der Waals surface area contributed by atoms with E-state index in [4.69, 9.17) is 4.74 Å². The summed E-state index contributed by atoms with van der Waals surface area (Å²) in [6, 6.07) is 20.8. The molecule has 3 rings (SSSR count). The van der Waals surface area contributed by atoms with Crippen LogP contribution >= 0.6 is 0 Å². The van der Waals surface area contributed by atoms with Crippen LogP contribution in [0.2, 0.25) is 0 Å². The van der Waals surface area contributed by atoms with Crippen LogP contribution in [0.15, 0.2) is 60.7 Å². The van der Waals surface area contributed by atoms with E-state index in [2.05, 4.69) is 55.5 Å². The van der Waals surface area contributed by atoms with Gasteiger partial charge in [-0.1, -0.05) is 80.4 Å². The third-order valence-corrected chi connectivity index (χ3v) is 5.09. The van der Waals surface area contributed by atoms with E-state index in [1.807, 2.05) is 12.1 Å². The Kier molecular flexibility index (Phi) is 5.68. The number of ether oxygens (including phenoxy) is 1. The van der Waals surface area contributed by atoms with Gasteiger partial charge in [0.05, 0.1) is 12.5 Å². The molecule has 1 aliphatic carbocycles. The molecular formula is C22H26O2. The van der Waals surface area contributed by atoms with Gasteiger partial charge in [0.2, 0.25) is 0 Å². The molecule has 2 nitrogen and oxygen atoms in total. The largest absolute Gasteiger partial charge is 0.465 e. The van der Waals surface area contributed by atoms with Crippen LogP contribution in [0.5, 0.6) is 0 Å². The fourth-order valence-electron chi connectivity index (χ4n) is 3.69. The number of esters is 1. The van der Waals surface area contributed by atoms with Crippen LogP contribution in [0.25, 0.3) is 0 Å². The normalized spacial score (nSPS) is 20.4. The molecule has 0 amide bonds. The number of hydrogen-bond acceptors (Lipinski definition) is 2. The molecule has 2 aromatic rings. The summed E-state index contributed by atoms with van der Waals surface area (Å²) in [6.07, 6.45) is 4.23. The van der Waals surface area contributed by atoms with Crippen molar-refractivity contribution in [2.24, 2.45) is 5.92 Å². The first kappa shape index (κ1) is 16.8. The maximum absolute atomic E-state index is 12.7. The van der Waals surface area contributed by atoms with Crippen molar-refractivity contribution in [1.29, 1.82) is 0 Å². The molecule has 0 bridgehead atoms. The number of rotatable bonds is 7. The van der Waals surface area contributed by atoms with Crippen LogP contribution < -0.4 is 0 Å². The second kappa shape index (κ2) is 8.14. The molecule has 1 saturated carbocycles. The fourth-order valence-corrected chi connectivity index (χ4v) is 3.69. The van der Waals surface area contributed by atoms with Crippen molar-refractivity contribution in [3.05, 3.63) is 71.8 Å². The van der Waals surface area contributed by atoms with E-state index in [9.17, 15) is 4.79 Å². The van der Waals surface area contributed by atoms with E-state index in [1.165, 1.54) is 11.1 Å². The molecule has 0 heterocycles. The highest BCUT2D eigenvalue weighted by molar-refractivity contribution is 5.77. The molecule has 0 radical (unpaired) electrons. The first-order valence-electron chi connectivity index (χ1n) is 9.07. The van der Waals surface area contributed by atoms with Crippen molar-refractivity contribution < 1.29 is 9.53 Å². The quantitative estimate of drug-likeness (QED) is 0.510. The number of carbonyl (C=O) groups is 1. The number of unbranched alkanes of at least 4 members (excludes halogenated alkanes) is 2. The summed E-state index contributed by atoms with van der Waals surface area (Å²) in [6.45, 7) is 2.71. The minimum Gasteiger partial charge on any atom is -0.465 e. The van der Waals surface area contributed by atoms with Crippen LogP contribution in [-0.4, -0.2) is 12.6 Å². The molecule has 1 aliphatic rings. The second-order valence-corrected chi connectivity index (χ2v) is 6.67. The molecule has 0 aromatic heterocycles. The third kappa shape index (κ3) is 3.69. The molecule has 0 N–H and O–H groups in total.